The van der Waals surface area contributed by atoms with Crippen molar-refractivity contribution in [2.24, 2.45) is 0 Å². The molecular weight excluding hydrogens is 236 g/mol. The van der Waals surface area contributed by atoms with Gasteiger partial charge in [0.1, 0.15) is 22.8 Å². The van der Waals surface area contributed by atoms with Gasteiger partial charge in [0.2, 0.25) is 0 Å². The predicted octanol–water partition coefficient (Wildman–Crippen LogP) is 3.58. The van der Waals surface area contributed by atoms with E-state index in [0.717, 1.165) is 11.4 Å². The highest BCUT2D eigenvalue weighted by Gasteiger charge is 2.10. The van der Waals surface area contributed by atoms with Crippen molar-refractivity contribution in [1.82, 2.24) is 9.97 Å². The summed E-state index contributed by atoms with van der Waals surface area (Å²) in [4.78, 5) is 8.33. The molecule has 0 aliphatic heterocycles. The van der Waals surface area contributed by atoms with Gasteiger partial charge in [0.25, 0.3) is 0 Å². The van der Waals surface area contributed by atoms with Gasteiger partial charge in [-0.2, -0.15) is 0 Å². The maximum Gasteiger partial charge on any atom is 0.138 e. The number of hydrogen-bond donors (Lipinski definition) is 0. The third kappa shape index (κ3) is 3.17. The number of ether oxygens (including phenoxy) is 1. The Hall–Kier alpha value is -1.61. The molecule has 0 saturated carbocycles. The topological polar surface area (TPSA) is 35.0 Å². The second-order valence-electron chi connectivity index (χ2n) is 3.74. The molecule has 0 N–H and O–H groups in total. The normalized spacial score (nSPS) is 12.2. The zero-order valence-electron chi connectivity index (χ0n) is 9.72. The van der Waals surface area contributed by atoms with Gasteiger partial charge in [-0.1, -0.05) is 29.8 Å². The number of hydrogen-bond acceptors (Lipinski definition) is 3. The largest absolute Gasteiger partial charge is 0.484 e. The highest BCUT2D eigenvalue weighted by Crippen LogP contribution is 2.21. The number of rotatable bonds is 3. The molecule has 1 atom stereocenters. The van der Waals surface area contributed by atoms with Crippen molar-refractivity contribution >= 4 is 11.6 Å². The van der Waals surface area contributed by atoms with E-state index in [1.165, 1.54) is 0 Å². The van der Waals surface area contributed by atoms with E-state index >= 15 is 0 Å². The Kier molecular flexibility index (Phi) is 3.59. The quantitative estimate of drug-likeness (QED) is 0.779. The van der Waals surface area contributed by atoms with Crippen molar-refractivity contribution in [3.63, 3.8) is 0 Å². The lowest BCUT2D eigenvalue weighted by Gasteiger charge is -2.14. The molecule has 4 heteroatoms. The fourth-order valence-corrected chi connectivity index (χ4v) is 1.76. The molecule has 2 rings (SSSR count). The lowest BCUT2D eigenvalue weighted by atomic mass is 10.2. The Morgan fingerprint density at radius 3 is 2.53 bits per heavy atom. The molecule has 2 aromatic rings. The molecule has 0 fully saturated rings. The van der Waals surface area contributed by atoms with E-state index in [1.807, 2.05) is 44.2 Å². The average molecular weight is 249 g/mol. The summed E-state index contributed by atoms with van der Waals surface area (Å²) in [5.74, 6) is 1.46. The van der Waals surface area contributed by atoms with Crippen LogP contribution in [0, 0.1) is 6.92 Å². The summed E-state index contributed by atoms with van der Waals surface area (Å²) >= 11 is 5.89. The van der Waals surface area contributed by atoms with Gasteiger partial charge < -0.3 is 4.74 Å². The Morgan fingerprint density at radius 1 is 1.18 bits per heavy atom. The highest BCUT2D eigenvalue weighted by molar-refractivity contribution is 6.29. The number of nitrogens with zero attached hydrogens (tertiary/aromatic N) is 2. The summed E-state index contributed by atoms with van der Waals surface area (Å²) in [6.45, 7) is 3.75. The van der Waals surface area contributed by atoms with Gasteiger partial charge >= 0.3 is 0 Å². The number of aryl methyl sites for hydroxylation is 1. The second kappa shape index (κ2) is 5.15. The van der Waals surface area contributed by atoms with Gasteiger partial charge in [0.05, 0.1) is 5.69 Å². The van der Waals surface area contributed by atoms with Crippen LogP contribution in [0.15, 0.2) is 36.4 Å². The van der Waals surface area contributed by atoms with Crippen LogP contribution < -0.4 is 4.74 Å². The van der Waals surface area contributed by atoms with Crippen molar-refractivity contribution in [2.45, 2.75) is 20.0 Å². The van der Waals surface area contributed by atoms with Crippen LogP contribution in [-0.2, 0) is 0 Å². The maximum atomic E-state index is 5.89. The first-order valence-electron chi connectivity index (χ1n) is 5.38. The van der Waals surface area contributed by atoms with Crippen LogP contribution in [0.1, 0.15) is 24.5 Å². The summed E-state index contributed by atoms with van der Waals surface area (Å²) in [7, 11) is 0. The number of para-hydroxylation sites is 1. The molecule has 3 nitrogen and oxygen atoms in total. The van der Waals surface area contributed by atoms with Crippen molar-refractivity contribution in [3.05, 3.63) is 53.1 Å². The van der Waals surface area contributed by atoms with E-state index in [4.69, 9.17) is 16.3 Å². The van der Waals surface area contributed by atoms with Crippen LogP contribution >= 0.6 is 11.6 Å². The summed E-state index contributed by atoms with van der Waals surface area (Å²) in [6, 6.07) is 11.4. The molecule has 17 heavy (non-hydrogen) atoms. The van der Waals surface area contributed by atoms with Gasteiger partial charge in [-0.05, 0) is 26.0 Å². The van der Waals surface area contributed by atoms with Crippen LogP contribution in [0.5, 0.6) is 5.75 Å². The zero-order chi connectivity index (χ0) is 12.3. The number of benzene rings is 1. The molecule has 0 unspecified atom stereocenters. The Balaban J connectivity index is 2.17. The monoisotopic (exact) mass is 248 g/mol. The van der Waals surface area contributed by atoms with Crippen molar-refractivity contribution in [3.8, 4) is 5.75 Å². The van der Waals surface area contributed by atoms with Crippen molar-refractivity contribution < 1.29 is 4.74 Å². The minimum Gasteiger partial charge on any atom is -0.484 e. The van der Waals surface area contributed by atoms with E-state index in [1.54, 1.807) is 6.07 Å². The third-order valence-electron chi connectivity index (χ3n) is 2.30. The van der Waals surface area contributed by atoms with Crippen LogP contribution in [0.2, 0.25) is 5.15 Å². The van der Waals surface area contributed by atoms with Crippen molar-refractivity contribution in [2.75, 3.05) is 0 Å². The van der Waals surface area contributed by atoms with E-state index in [2.05, 4.69) is 9.97 Å². The lowest BCUT2D eigenvalue weighted by molar-refractivity contribution is 0.221. The molecule has 1 heterocycles. The molecule has 0 radical (unpaired) electrons. The number of halogens is 1. The lowest BCUT2D eigenvalue weighted by Crippen LogP contribution is -2.07. The molecule has 0 aliphatic rings. The Morgan fingerprint density at radius 2 is 1.88 bits per heavy atom. The maximum absolute atomic E-state index is 5.89. The highest BCUT2D eigenvalue weighted by atomic mass is 35.5. The summed E-state index contributed by atoms with van der Waals surface area (Å²) in [5, 5.41) is 0.441. The standard InChI is InChI=1S/C13H13ClN2O/c1-9(17-11-6-4-3-5-7-11)12-8-13(14)16-10(2)15-12/h3-9H,1-2H3/t9-/m1/s1. The molecule has 0 aliphatic carbocycles. The van der Waals surface area contributed by atoms with Gasteiger partial charge in [0, 0.05) is 6.07 Å². The minimum absolute atomic E-state index is 0.156. The SMILES string of the molecule is Cc1nc(Cl)cc([C@@H](C)Oc2ccccc2)n1. The molecule has 1 aromatic heterocycles. The molecular formula is C13H13ClN2O. The minimum atomic E-state index is -0.156. The molecule has 0 amide bonds. The fraction of sp³-hybridized carbons (Fsp3) is 0.231. The Bertz CT molecular complexity index is 482. The van der Waals surface area contributed by atoms with Crippen LogP contribution in [0.3, 0.4) is 0 Å². The molecule has 0 spiro atoms. The van der Waals surface area contributed by atoms with Crippen LogP contribution in [0.4, 0.5) is 0 Å². The van der Waals surface area contributed by atoms with Gasteiger partial charge in [0.15, 0.2) is 0 Å². The average Bonchev–Trinajstić information content (AvgIpc) is 2.29. The predicted molar refractivity (Wildman–Crippen MR) is 67.3 cm³/mol. The first-order valence-corrected chi connectivity index (χ1v) is 5.76. The van der Waals surface area contributed by atoms with E-state index in [0.29, 0.717) is 11.0 Å². The summed E-state index contributed by atoms with van der Waals surface area (Å²) < 4.78 is 5.76. The smallest absolute Gasteiger partial charge is 0.138 e. The Labute approximate surface area is 105 Å². The fourth-order valence-electron chi connectivity index (χ4n) is 1.52. The molecule has 0 saturated heterocycles. The molecule has 0 bridgehead atoms. The van der Waals surface area contributed by atoms with Crippen molar-refractivity contribution in [1.29, 1.82) is 0 Å². The van der Waals surface area contributed by atoms with E-state index < -0.39 is 0 Å². The number of aromatic nitrogens is 2. The summed E-state index contributed by atoms with van der Waals surface area (Å²) in [5.41, 5.74) is 0.784. The van der Waals surface area contributed by atoms with Gasteiger partial charge in [-0.25, -0.2) is 9.97 Å². The van der Waals surface area contributed by atoms with Crippen LogP contribution in [-0.4, -0.2) is 9.97 Å². The molecule has 1 aromatic carbocycles. The first kappa shape index (κ1) is 11.9. The second-order valence-corrected chi connectivity index (χ2v) is 4.12. The molecule has 88 valence electrons. The van der Waals surface area contributed by atoms with Crippen LogP contribution in [0.25, 0.3) is 0 Å². The first-order chi connectivity index (χ1) is 8.15. The van der Waals surface area contributed by atoms with E-state index in [-0.39, 0.29) is 6.10 Å². The van der Waals surface area contributed by atoms with Gasteiger partial charge in [-0.3, -0.25) is 0 Å². The summed E-state index contributed by atoms with van der Waals surface area (Å²) in [6.07, 6.45) is -0.156. The zero-order valence-corrected chi connectivity index (χ0v) is 10.5. The third-order valence-corrected chi connectivity index (χ3v) is 2.49. The van der Waals surface area contributed by atoms with Gasteiger partial charge in [-0.15, -0.1) is 0 Å². The van der Waals surface area contributed by atoms with E-state index in [9.17, 15) is 0 Å².